The van der Waals surface area contributed by atoms with E-state index in [1.54, 1.807) is 36.2 Å². The summed E-state index contributed by atoms with van der Waals surface area (Å²) in [5.41, 5.74) is 1.99. The molecule has 0 bridgehead atoms. The Balaban J connectivity index is 2.23. The second-order valence-electron chi connectivity index (χ2n) is 4.03. The van der Waals surface area contributed by atoms with Gasteiger partial charge in [-0.2, -0.15) is 5.26 Å². The Bertz CT molecular complexity index is 627. The van der Waals surface area contributed by atoms with Crippen molar-refractivity contribution in [2.75, 3.05) is 11.9 Å². The van der Waals surface area contributed by atoms with Crippen LogP contribution in [-0.4, -0.2) is 13.0 Å². The number of carbonyl (C=O) groups is 1. The first kappa shape index (κ1) is 13.6. The average Bonchev–Trinajstić information content (AvgIpc) is 2.46. The number of amides is 1. The van der Waals surface area contributed by atoms with Crippen LogP contribution in [0.4, 0.5) is 5.69 Å². The van der Waals surface area contributed by atoms with E-state index < -0.39 is 0 Å². The molecule has 0 aliphatic rings. The van der Waals surface area contributed by atoms with Crippen molar-refractivity contribution < 1.29 is 4.79 Å². The Morgan fingerprint density at radius 1 is 1.11 bits per heavy atom. The van der Waals surface area contributed by atoms with Crippen LogP contribution in [-0.2, 0) is 0 Å². The molecule has 3 nitrogen and oxygen atoms in total. The van der Waals surface area contributed by atoms with Gasteiger partial charge in [0.1, 0.15) is 0 Å². The molecule has 0 aromatic heterocycles. The molecule has 0 saturated heterocycles. The third-order valence-corrected chi connectivity index (χ3v) is 3.50. The summed E-state index contributed by atoms with van der Waals surface area (Å²) in [7, 11) is 1.72. The lowest BCUT2D eigenvalue weighted by molar-refractivity contribution is 0.0993. The molecule has 2 aromatic carbocycles. The largest absolute Gasteiger partial charge is 0.311 e. The van der Waals surface area contributed by atoms with Crippen molar-refractivity contribution in [2.24, 2.45) is 0 Å². The van der Waals surface area contributed by atoms with Gasteiger partial charge in [-0.1, -0.05) is 0 Å². The predicted molar refractivity (Wildman–Crippen MR) is 83.0 cm³/mol. The van der Waals surface area contributed by atoms with Crippen LogP contribution in [0.1, 0.15) is 15.9 Å². The number of benzene rings is 2. The molecular formula is C15H11IN2O. The van der Waals surface area contributed by atoms with E-state index in [4.69, 9.17) is 5.26 Å². The molecule has 2 aromatic rings. The number of anilines is 1. The highest BCUT2D eigenvalue weighted by Gasteiger charge is 2.13. The van der Waals surface area contributed by atoms with Crippen LogP contribution in [0, 0.1) is 14.9 Å². The summed E-state index contributed by atoms with van der Waals surface area (Å²) >= 11 is 2.20. The molecule has 0 radical (unpaired) electrons. The second kappa shape index (κ2) is 5.85. The Hall–Kier alpha value is -1.87. The van der Waals surface area contributed by atoms with E-state index in [1.807, 2.05) is 24.3 Å². The van der Waals surface area contributed by atoms with Gasteiger partial charge in [0.15, 0.2) is 0 Å². The minimum atomic E-state index is -0.0684. The van der Waals surface area contributed by atoms with Crippen molar-refractivity contribution in [2.45, 2.75) is 0 Å². The molecule has 0 aliphatic heterocycles. The lowest BCUT2D eigenvalue weighted by Crippen LogP contribution is -2.26. The fraction of sp³-hybridized carbons (Fsp3) is 0.0667. The topological polar surface area (TPSA) is 44.1 Å². The zero-order valence-corrected chi connectivity index (χ0v) is 12.5. The Morgan fingerprint density at radius 3 is 2.21 bits per heavy atom. The first-order valence-corrected chi connectivity index (χ1v) is 6.73. The number of halogens is 1. The molecule has 0 atom stereocenters. The van der Waals surface area contributed by atoms with E-state index in [-0.39, 0.29) is 5.91 Å². The summed E-state index contributed by atoms with van der Waals surface area (Å²) in [5.74, 6) is -0.0684. The first-order chi connectivity index (χ1) is 9.11. The Morgan fingerprint density at radius 2 is 1.68 bits per heavy atom. The summed E-state index contributed by atoms with van der Waals surface area (Å²) in [5, 5.41) is 8.75. The molecule has 4 heteroatoms. The molecule has 2 rings (SSSR count). The van der Waals surface area contributed by atoms with Crippen LogP contribution < -0.4 is 4.90 Å². The monoisotopic (exact) mass is 362 g/mol. The highest BCUT2D eigenvalue weighted by Crippen LogP contribution is 2.17. The zero-order valence-electron chi connectivity index (χ0n) is 10.3. The van der Waals surface area contributed by atoms with Gasteiger partial charge in [0.05, 0.1) is 11.6 Å². The highest BCUT2D eigenvalue weighted by molar-refractivity contribution is 14.1. The lowest BCUT2D eigenvalue weighted by atomic mass is 10.1. The maximum atomic E-state index is 12.3. The van der Waals surface area contributed by atoms with Crippen LogP contribution in [0.2, 0.25) is 0 Å². The molecule has 1 amide bonds. The van der Waals surface area contributed by atoms with E-state index in [0.717, 1.165) is 9.26 Å². The van der Waals surface area contributed by atoms with Gasteiger partial charge in [0.25, 0.3) is 5.91 Å². The van der Waals surface area contributed by atoms with Gasteiger partial charge in [0.2, 0.25) is 0 Å². The number of hydrogen-bond acceptors (Lipinski definition) is 2. The van der Waals surface area contributed by atoms with Gasteiger partial charge in [0, 0.05) is 21.9 Å². The van der Waals surface area contributed by atoms with Gasteiger partial charge in [-0.3, -0.25) is 4.79 Å². The quantitative estimate of drug-likeness (QED) is 0.769. The fourth-order valence-electron chi connectivity index (χ4n) is 1.66. The van der Waals surface area contributed by atoms with E-state index >= 15 is 0 Å². The maximum Gasteiger partial charge on any atom is 0.258 e. The van der Waals surface area contributed by atoms with Crippen LogP contribution in [0.25, 0.3) is 0 Å². The van der Waals surface area contributed by atoms with Gasteiger partial charge < -0.3 is 4.90 Å². The molecule has 0 fully saturated rings. The molecule has 0 N–H and O–H groups in total. The van der Waals surface area contributed by atoms with Crippen LogP contribution in [0.5, 0.6) is 0 Å². The SMILES string of the molecule is CN(C(=O)c1ccc(I)cc1)c1ccc(C#N)cc1. The van der Waals surface area contributed by atoms with Gasteiger partial charge in [-0.05, 0) is 71.1 Å². The number of nitrogens with zero attached hydrogens (tertiary/aromatic N) is 2. The summed E-state index contributed by atoms with van der Waals surface area (Å²) < 4.78 is 1.09. The van der Waals surface area contributed by atoms with Crippen molar-refractivity contribution >= 4 is 34.2 Å². The van der Waals surface area contributed by atoms with Crippen LogP contribution in [0.3, 0.4) is 0 Å². The number of carbonyl (C=O) groups excluding carboxylic acids is 1. The molecule has 19 heavy (non-hydrogen) atoms. The summed E-state index contributed by atoms with van der Waals surface area (Å²) in [6.07, 6.45) is 0. The Labute approximate surface area is 125 Å². The Kier molecular flexibility index (Phi) is 4.17. The molecule has 0 heterocycles. The van der Waals surface area contributed by atoms with Crippen molar-refractivity contribution in [3.05, 3.63) is 63.2 Å². The fourth-order valence-corrected chi connectivity index (χ4v) is 2.02. The minimum absolute atomic E-state index is 0.0684. The van der Waals surface area contributed by atoms with Crippen molar-refractivity contribution in [3.8, 4) is 6.07 Å². The normalized spacial score (nSPS) is 9.74. The summed E-state index contributed by atoms with van der Waals surface area (Å²) in [6, 6.07) is 16.4. The molecule has 0 spiro atoms. The van der Waals surface area contributed by atoms with Gasteiger partial charge in [-0.15, -0.1) is 0 Å². The average molecular weight is 362 g/mol. The van der Waals surface area contributed by atoms with Crippen molar-refractivity contribution in [1.29, 1.82) is 5.26 Å². The summed E-state index contributed by atoms with van der Waals surface area (Å²) in [6.45, 7) is 0. The molecule has 0 unspecified atom stereocenters. The van der Waals surface area contributed by atoms with Gasteiger partial charge in [-0.25, -0.2) is 0 Å². The van der Waals surface area contributed by atoms with E-state index in [9.17, 15) is 4.79 Å². The number of nitriles is 1. The first-order valence-electron chi connectivity index (χ1n) is 5.65. The van der Waals surface area contributed by atoms with Crippen molar-refractivity contribution in [3.63, 3.8) is 0 Å². The minimum Gasteiger partial charge on any atom is -0.311 e. The van der Waals surface area contributed by atoms with Crippen LogP contribution in [0.15, 0.2) is 48.5 Å². The molecule has 94 valence electrons. The third-order valence-electron chi connectivity index (χ3n) is 2.78. The number of hydrogen-bond donors (Lipinski definition) is 0. The smallest absolute Gasteiger partial charge is 0.258 e. The molecule has 0 saturated carbocycles. The lowest BCUT2D eigenvalue weighted by Gasteiger charge is -2.17. The van der Waals surface area contributed by atoms with Gasteiger partial charge >= 0.3 is 0 Å². The van der Waals surface area contributed by atoms with Crippen molar-refractivity contribution in [1.82, 2.24) is 0 Å². The van der Waals surface area contributed by atoms with E-state index in [1.165, 1.54) is 0 Å². The van der Waals surface area contributed by atoms with E-state index in [0.29, 0.717) is 11.1 Å². The van der Waals surface area contributed by atoms with Crippen LogP contribution >= 0.6 is 22.6 Å². The molecule has 0 aliphatic carbocycles. The predicted octanol–water partition coefficient (Wildman–Crippen LogP) is 3.44. The number of rotatable bonds is 2. The summed E-state index contributed by atoms with van der Waals surface area (Å²) in [4.78, 5) is 13.8. The second-order valence-corrected chi connectivity index (χ2v) is 5.28. The van der Waals surface area contributed by atoms with E-state index in [2.05, 4.69) is 28.7 Å². The molecular weight excluding hydrogens is 351 g/mol. The maximum absolute atomic E-state index is 12.3. The standard InChI is InChI=1S/C15H11IN2O/c1-18(14-8-2-11(10-17)3-9-14)15(19)12-4-6-13(16)7-5-12/h2-9H,1H3. The highest BCUT2D eigenvalue weighted by atomic mass is 127. The zero-order chi connectivity index (χ0) is 13.8. The third kappa shape index (κ3) is 3.12.